The van der Waals surface area contributed by atoms with Crippen LogP contribution >= 0.6 is 7.82 Å². The van der Waals surface area contributed by atoms with Gasteiger partial charge in [0.1, 0.15) is 12.6 Å². The Morgan fingerprint density at radius 2 is 1.35 bits per heavy atom. The van der Waals surface area contributed by atoms with Crippen molar-refractivity contribution in [2.24, 2.45) is 5.73 Å². The maximum absolute atomic E-state index is 12.2. The third kappa shape index (κ3) is 18.9. The summed E-state index contributed by atoms with van der Waals surface area (Å²) in [7, 11) is -4.66. The van der Waals surface area contributed by atoms with Crippen molar-refractivity contribution in [2.75, 3.05) is 19.8 Å². The van der Waals surface area contributed by atoms with Gasteiger partial charge < -0.3 is 25.2 Å². The Balaban J connectivity index is 4.47. The molecule has 0 aromatic carbocycles. The van der Waals surface area contributed by atoms with Crippen molar-refractivity contribution in [3.05, 3.63) is 0 Å². The number of ether oxygens (including phenoxy) is 2. The van der Waals surface area contributed by atoms with Crippen molar-refractivity contribution >= 4 is 25.7 Å². The van der Waals surface area contributed by atoms with E-state index in [9.17, 15) is 23.8 Å². The maximum Gasteiger partial charge on any atom is 0.472 e. The zero-order valence-corrected chi connectivity index (χ0v) is 21.3. The van der Waals surface area contributed by atoms with Gasteiger partial charge in [-0.05, 0) is 12.8 Å². The number of carboxylic acids is 1. The topological polar surface area (TPSA) is 172 Å². The number of unbranched alkanes of at least 4 members (excludes halogenated alkanes) is 8. The van der Waals surface area contributed by atoms with Crippen molar-refractivity contribution in [3.8, 4) is 0 Å². The number of nitrogens with two attached hydrogens (primary N) is 1. The molecule has 0 aliphatic carbocycles. The summed E-state index contributed by atoms with van der Waals surface area (Å²) < 4.78 is 31.6. The molecular weight excluding hydrogens is 469 g/mol. The van der Waals surface area contributed by atoms with Gasteiger partial charge in [-0.1, -0.05) is 65.2 Å². The Morgan fingerprint density at radius 1 is 0.794 bits per heavy atom. The summed E-state index contributed by atoms with van der Waals surface area (Å²) in [5.74, 6) is -2.45. The second-order valence-electron chi connectivity index (χ2n) is 8.13. The Hall–Kier alpha value is -1.52. The molecule has 0 spiro atoms. The van der Waals surface area contributed by atoms with Crippen molar-refractivity contribution in [3.63, 3.8) is 0 Å². The van der Waals surface area contributed by atoms with Gasteiger partial charge in [0.25, 0.3) is 0 Å². The molecule has 200 valence electrons. The predicted octanol–water partition coefficient (Wildman–Crippen LogP) is 3.71. The van der Waals surface area contributed by atoms with Gasteiger partial charge in [0.05, 0.1) is 13.2 Å². The molecule has 4 N–H and O–H groups in total. The lowest BCUT2D eigenvalue weighted by atomic mass is 10.1. The van der Waals surface area contributed by atoms with Gasteiger partial charge in [0.2, 0.25) is 0 Å². The molecule has 11 nitrogen and oxygen atoms in total. The predicted molar refractivity (Wildman–Crippen MR) is 125 cm³/mol. The van der Waals surface area contributed by atoms with Crippen LogP contribution in [-0.2, 0) is 37.5 Å². The van der Waals surface area contributed by atoms with Gasteiger partial charge in [-0.15, -0.1) is 0 Å². The molecule has 0 aromatic rings. The fourth-order valence-corrected chi connectivity index (χ4v) is 3.64. The fourth-order valence-electron chi connectivity index (χ4n) is 2.86. The molecule has 0 aliphatic rings. The van der Waals surface area contributed by atoms with E-state index in [0.717, 1.165) is 19.3 Å². The SMILES string of the molecule is CCCCCCCCCCCC(=O)OC(COC(=O)CCC)COP(=O)(O)OCC(N)C(=O)O. The molecule has 0 amide bonds. The molecule has 0 saturated heterocycles. The monoisotopic (exact) mass is 511 g/mol. The number of carbonyl (C=O) groups is 3. The smallest absolute Gasteiger partial charge is 0.472 e. The standard InChI is InChI=1S/C22H42NO10P/c1-3-5-6-7-8-9-10-11-12-14-21(25)33-18(15-30-20(24)13-4-2)16-31-34(28,29)32-17-19(23)22(26)27/h18-19H,3-17,23H2,1-2H3,(H,26,27)(H,28,29). The molecule has 0 aliphatic heterocycles. The number of carbonyl (C=O) groups excluding carboxylic acids is 2. The molecule has 0 heterocycles. The summed E-state index contributed by atoms with van der Waals surface area (Å²) in [6.45, 7) is 2.29. The number of hydrogen-bond donors (Lipinski definition) is 3. The van der Waals surface area contributed by atoms with Crippen molar-refractivity contribution in [1.82, 2.24) is 0 Å². The summed E-state index contributed by atoms with van der Waals surface area (Å²) in [6.07, 6.45) is 9.63. The summed E-state index contributed by atoms with van der Waals surface area (Å²) in [4.78, 5) is 44.2. The Morgan fingerprint density at radius 3 is 1.91 bits per heavy atom. The number of esters is 2. The number of hydrogen-bond acceptors (Lipinski definition) is 9. The van der Waals surface area contributed by atoms with Crippen LogP contribution in [-0.4, -0.2) is 59.9 Å². The molecule has 3 atom stereocenters. The molecule has 12 heteroatoms. The van der Waals surface area contributed by atoms with Gasteiger partial charge in [-0.3, -0.25) is 23.4 Å². The van der Waals surface area contributed by atoms with Crippen LogP contribution in [0.2, 0.25) is 0 Å². The minimum atomic E-state index is -4.66. The highest BCUT2D eigenvalue weighted by Gasteiger charge is 2.28. The lowest BCUT2D eigenvalue weighted by Gasteiger charge is -2.20. The third-order valence-electron chi connectivity index (χ3n) is 4.82. The van der Waals surface area contributed by atoms with Gasteiger partial charge in [0, 0.05) is 12.8 Å². The molecular formula is C22H42NO10P. The lowest BCUT2D eigenvalue weighted by Crippen LogP contribution is -2.34. The molecule has 0 radical (unpaired) electrons. The summed E-state index contributed by atoms with van der Waals surface area (Å²) in [5, 5.41) is 8.70. The average molecular weight is 512 g/mol. The average Bonchev–Trinajstić information content (AvgIpc) is 2.78. The number of phosphoric ester groups is 1. The van der Waals surface area contributed by atoms with E-state index in [-0.39, 0.29) is 19.4 Å². The van der Waals surface area contributed by atoms with E-state index in [1.807, 2.05) is 0 Å². The number of aliphatic carboxylic acids is 1. The van der Waals surface area contributed by atoms with Crippen molar-refractivity contribution in [2.45, 2.75) is 103 Å². The van der Waals surface area contributed by atoms with E-state index in [0.29, 0.717) is 12.8 Å². The van der Waals surface area contributed by atoms with Crippen LogP contribution < -0.4 is 5.73 Å². The first-order valence-electron chi connectivity index (χ1n) is 12.1. The van der Waals surface area contributed by atoms with E-state index in [2.05, 4.69) is 11.4 Å². The van der Waals surface area contributed by atoms with Gasteiger partial charge in [-0.25, -0.2) is 4.57 Å². The minimum Gasteiger partial charge on any atom is -0.480 e. The van der Waals surface area contributed by atoms with Gasteiger partial charge in [-0.2, -0.15) is 0 Å². The number of rotatable bonds is 22. The summed E-state index contributed by atoms with van der Waals surface area (Å²) in [5.41, 5.74) is 5.22. The van der Waals surface area contributed by atoms with Crippen LogP contribution in [0.5, 0.6) is 0 Å². The maximum atomic E-state index is 12.2. The highest BCUT2D eigenvalue weighted by Crippen LogP contribution is 2.43. The highest BCUT2D eigenvalue weighted by molar-refractivity contribution is 7.47. The van der Waals surface area contributed by atoms with Crippen LogP contribution in [0.15, 0.2) is 0 Å². The molecule has 3 unspecified atom stereocenters. The third-order valence-corrected chi connectivity index (χ3v) is 5.78. The first-order chi connectivity index (χ1) is 16.1. The highest BCUT2D eigenvalue weighted by atomic mass is 31.2. The number of phosphoric acid groups is 1. The summed E-state index contributed by atoms with van der Waals surface area (Å²) in [6, 6.07) is -1.51. The first-order valence-corrected chi connectivity index (χ1v) is 13.6. The largest absolute Gasteiger partial charge is 0.480 e. The molecule has 0 bridgehead atoms. The molecule has 0 fully saturated rings. The molecule has 0 aromatic heterocycles. The second kappa shape index (κ2) is 19.8. The van der Waals surface area contributed by atoms with Gasteiger partial charge >= 0.3 is 25.7 Å². The lowest BCUT2D eigenvalue weighted by molar-refractivity contribution is -0.161. The van der Waals surface area contributed by atoms with Crippen LogP contribution in [0.1, 0.15) is 90.9 Å². The second-order valence-corrected chi connectivity index (χ2v) is 9.58. The van der Waals surface area contributed by atoms with E-state index in [1.54, 1.807) is 6.92 Å². The summed E-state index contributed by atoms with van der Waals surface area (Å²) >= 11 is 0. The van der Waals surface area contributed by atoms with E-state index in [4.69, 9.17) is 24.8 Å². The van der Waals surface area contributed by atoms with E-state index in [1.165, 1.54) is 32.1 Å². The Labute approximate surface area is 202 Å². The number of carboxylic acid groups (broad SMARTS) is 1. The van der Waals surface area contributed by atoms with E-state index >= 15 is 0 Å². The van der Waals surface area contributed by atoms with Crippen molar-refractivity contribution < 1.29 is 47.5 Å². The van der Waals surface area contributed by atoms with Crippen LogP contribution in [0, 0.1) is 0 Å². The Bertz CT molecular complexity index is 631. The van der Waals surface area contributed by atoms with Crippen LogP contribution in [0.25, 0.3) is 0 Å². The minimum absolute atomic E-state index is 0.163. The molecule has 0 saturated carbocycles. The molecule has 34 heavy (non-hydrogen) atoms. The van der Waals surface area contributed by atoms with Gasteiger partial charge in [0.15, 0.2) is 6.10 Å². The van der Waals surface area contributed by atoms with Crippen LogP contribution in [0.4, 0.5) is 0 Å². The first kappa shape index (κ1) is 32.5. The normalized spacial score (nSPS) is 14.7. The quantitative estimate of drug-likeness (QED) is 0.110. The Kier molecular flexibility index (Phi) is 18.9. The van der Waals surface area contributed by atoms with Crippen LogP contribution in [0.3, 0.4) is 0 Å². The van der Waals surface area contributed by atoms with Crippen molar-refractivity contribution in [1.29, 1.82) is 0 Å². The molecule has 0 rings (SSSR count). The zero-order valence-electron chi connectivity index (χ0n) is 20.4. The van der Waals surface area contributed by atoms with E-state index < -0.39 is 51.1 Å². The fraction of sp³-hybridized carbons (Fsp3) is 0.864. The zero-order chi connectivity index (χ0) is 25.8.